The van der Waals surface area contributed by atoms with Crippen molar-refractivity contribution in [1.82, 2.24) is 19.5 Å². The molecule has 0 saturated carbocycles. The molecule has 1 fully saturated rings. The second-order valence-electron chi connectivity index (χ2n) is 7.71. The van der Waals surface area contributed by atoms with Crippen molar-refractivity contribution in [2.45, 2.75) is 12.8 Å². The number of carbonyl (C=O) groups is 2. The lowest BCUT2D eigenvalue weighted by Crippen LogP contribution is -2.43. The van der Waals surface area contributed by atoms with Crippen molar-refractivity contribution in [1.29, 1.82) is 0 Å². The number of nitrogens with one attached hydrogen (secondary N) is 1. The van der Waals surface area contributed by atoms with Gasteiger partial charge in [-0.2, -0.15) is 0 Å². The Bertz CT molecular complexity index is 1240. The second kappa shape index (κ2) is 8.72. The van der Waals surface area contributed by atoms with E-state index >= 15 is 0 Å². The first-order chi connectivity index (χ1) is 15.6. The molecule has 32 heavy (non-hydrogen) atoms. The number of benzene rings is 2. The van der Waals surface area contributed by atoms with Gasteiger partial charge in [-0.05, 0) is 37.1 Å². The molecule has 0 spiro atoms. The first-order valence-corrected chi connectivity index (χ1v) is 11.5. The van der Waals surface area contributed by atoms with E-state index in [-0.39, 0.29) is 17.7 Å². The van der Waals surface area contributed by atoms with Gasteiger partial charge >= 0.3 is 0 Å². The number of imidazole rings is 1. The van der Waals surface area contributed by atoms with Crippen LogP contribution in [0.3, 0.4) is 0 Å². The number of hydrogen-bond donors (Lipinski definition) is 1. The molecule has 5 rings (SSSR count). The summed E-state index contributed by atoms with van der Waals surface area (Å²) in [5.74, 6) is -0.490. The van der Waals surface area contributed by atoms with Crippen LogP contribution in [0, 0.1) is 5.92 Å². The Hall–Kier alpha value is -3.23. The number of halogens is 1. The van der Waals surface area contributed by atoms with E-state index in [0.29, 0.717) is 33.8 Å². The fraction of sp³-hybridized carbons (Fsp3) is 0.217. The summed E-state index contributed by atoms with van der Waals surface area (Å²) in [6.07, 6.45) is 3.36. The quantitative estimate of drug-likeness (QED) is 0.477. The zero-order valence-corrected chi connectivity index (χ0v) is 18.6. The number of amides is 2. The number of likely N-dealkylation sites (tertiary alicyclic amines) is 1. The van der Waals surface area contributed by atoms with E-state index in [9.17, 15) is 9.59 Å². The van der Waals surface area contributed by atoms with Crippen molar-refractivity contribution in [3.8, 4) is 11.3 Å². The van der Waals surface area contributed by atoms with Gasteiger partial charge in [-0.1, -0.05) is 53.3 Å². The first-order valence-electron chi connectivity index (χ1n) is 10.3. The summed E-state index contributed by atoms with van der Waals surface area (Å²) in [6.45, 7) is 1.02. The minimum Gasteiger partial charge on any atom is -0.338 e. The third-order valence-electron chi connectivity index (χ3n) is 5.51. The minimum absolute atomic E-state index is 0.0830. The van der Waals surface area contributed by atoms with Gasteiger partial charge in [0.05, 0.1) is 17.8 Å². The highest BCUT2D eigenvalue weighted by Crippen LogP contribution is 2.26. The molecule has 162 valence electrons. The molecule has 1 aliphatic rings. The second-order valence-corrected chi connectivity index (χ2v) is 9.11. The van der Waals surface area contributed by atoms with Crippen molar-refractivity contribution in [2.75, 3.05) is 18.4 Å². The van der Waals surface area contributed by atoms with E-state index in [1.807, 2.05) is 36.5 Å². The van der Waals surface area contributed by atoms with Crippen LogP contribution in [-0.2, 0) is 4.79 Å². The van der Waals surface area contributed by atoms with Gasteiger partial charge in [-0.15, -0.1) is 5.10 Å². The average Bonchev–Trinajstić information content (AvgIpc) is 3.38. The SMILES string of the molecule is O=C(Nc1nn2cc(-c3ccccc3)nc2s1)[C@H]1CCCN(C(=O)c2ccc(Cl)cc2)C1. The Morgan fingerprint density at radius 3 is 2.62 bits per heavy atom. The maximum absolute atomic E-state index is 12.9. The smallest absolute Gasteiger partial charge is 0.253 e. The molecule has 3 heterocycles. The Morgan fingerprint density at radius 1 is 1.09 bits per heavy atom. The van der Waals surface area contributed by atoms with Gasteiger partial charge in [0.1, 0.15) is 0 Å². The molecule has 2 amide bonds. The van der Waals surface area contributed by atoms with Crippen LogP contribution in [0.15, 0.2) is 60.8 Å². The number of rotatable bonds is 4. The van der Waals surface area contributed by atoms with E-state index in [1.54, 1.807) is 33.7 Å². The van der Waals surface area contributed by atoms with Crippen LogP contribution in [-0.4, -0.2) is 44.4 Å². The lowest BCUT2D eigenvalue weighted by molar-refractivity contribution is -0.121. The van der Waals surface area contributed by atoms with Crippen molar-refractivity contribution < 1.29 is 9.59 Å². The number of aromatic nitrogens is 3. The van der Waals surface area contributed by atoms with Crippen LogP contribution in [0.25, 0.3) is 16.2 Å². The van der Waals surface area contributed by atoms with Crippen molar-refractivity contribution >= 4 is 44.8 Å². The lowest BCUT2D eigenvalue weighted by Gasteiger charge is -2.32. The Kier molecular flexibility index (Phi) is 5.63. The summed E-state index contributed by atoms with van der Waals surface area (Å²) in [5.41, 5.74) is 2.43. The van der Waals surface area contributed by atoms with E-state index in [2.05, 4.69) is 15.4 Å². The zero-order valence-electron chi connectivity index (χ0n) is 17.1. The number of fused-ring (bicyclic) bond motifs is 1. The van der Waals surface area contributed by atoms with Gasteiger partial charge in [-0.25, -0.2) is 9.50 Å². The molecule has 1 aliphatic heterocycles. The van der Waals surface area contributed by atoms with Gasteiger partial charge in [0.2, 0.25) is 16.0 Å². The highest BCUT2D eigenvalue weighted by molar-refractivity contribution is 7.20. The summed E-state index contributed by atoms with van der Waals surface area (Å²) < 4.78 is 1.68. The summed E-state index contributed by atoms with van der Waals surface area (Å²) in [7, 11) is 0. The summed E-state index contributed by atoms with van der Waals surface area (Å²) >= 11 is 7.24. The van der Waals surface area contributed by atoms with Gasteiger partial charge in [0, 0.05) is 29.2 Å². The molecule has 0 radical (unpaired) electrons. The third kappa shape index (κ3) is 4.24. The first kappa shape index (κ1) is 20.7. The molecule has 1 saturated heterocycles. The third-order valence-corrected chi connectivity index (χ3v) is 6.60. The monoisotopic (exact) mass is 465 g/mol. The summed E-state index contributed by atoms with van der Waals surface area (Å²) in [5, 5.41) is 8.44. The summed E-state index contributed by atoms with van der Waals surface area (Å²) in [6, 6.07) is 16.7. The number of piperidine rings is 1. The van der Waals surface area contributed by atoms with Crippen LogP contribution in [0.1, 0.15) is 23.2 Å². The molecule has 1 N–H and O–H groups in total. The molecule has 7 nitrogen and oxygen atoms in total. The normalized spacial score (nSPS) is 16.3. The zero-order chi connectivity index (χ0) is 22.1. The van der Waals surface area contributed by atoms with Gasteiger partial charge in [-0.3, -0.25) is 9.59 Å². The maximum Gasteiger partial charge on any atom is 0.253 e. The topological polar surface area (TPSA) is 79.6 Å². The predicted molar refractivity (Wildman–Crippen MR) is 125 cm³/mol. The van der Waals surface area contributed by atoms with Gasteiger partial charge < -0.3 is 10.2 Å². The standard InChI is InChI=1S/C23H20ClN5O2S/c24-18-10-8-16(9-11-18)21(31)28-12-4-7-17(13-28)20(30)26-22-27-29-14-19(25-23(29)32-22)15-5-2-1-3-6-15/h1-3,5-6,8-11,14,17H,4,7,12-13H2,(H,26,27,30)/t17-/m0/s1. The largest absolute Gasteiger partial charge is 0.338 e. The average molecular weight is 466 g/mol. The van der Waals surface area contributed by atoms with E-state index in [4.69, 9.17) is 11.6 Å². The maximum atomic E-state index is 12.9. The molecule has 2 aromatic carbocycles. The molecule has 4 aromatic rings. The minimum atomic E-state index is -0.281. The van der Waals surface area contributed by atoms with E-state index in [1.165, 1.54) is 11.3 Å². The molecular weight excluding hydrogens is 446 g/mol. The van der Waals surface area contributed by atoms with Gasteiger partial charge in [0.25, 0.3) is 5.91 Å². The molecule has 0 unspecified atom stereocenters. The molecule has 0 aliphatic carbocycles. The number of nitrogens with zero attached hydrogens (tertiary/aromatic N) is 4. The van der Waals surface area contributed by atoms with E-state index in [0.717, 1.165) is 24.1 Å². The Morgan fingerprint density at radius 2 is 1.88 bits per heavy atom. The summed E-state index contributed by atoms with van der Waals surface area (Å²) in [4.78, 5) is 32.7. The fourth-order valence-electron chi connectivity index (χ4n) is 3.86. The number of anilines is 1. The molecule has 0 bridgehead atoms. The van der Waals surface area contributed by atoms with Crippen LogP contribution >= 0.6 is 22.9 Å². The molecule has 9 heteroatoms. The van der Waals surface area contributed by atoms with Crippen molar-refractivity contribution in [2.24, 2.45) is 5.92 Å². The Balaban J connectivity index is 1.25. The predicted octanol–water partition coefficient (Wildman–Crippen LogP) is 4.60. The van der Waals surface area contributed by atoms with Gasteiger partial charge in [0.15, 0.2) is 0 Å². The number of hydrogen-bond acceptors (Lipinski definition) is 5. The van der Waals surface area contributed by atoms with Crippen molar-refractivity contribution in [3.05, 3.63) is 71.4 Å². The highest BCUT2D eigenvalue weighted by Gasteiger charge is 2.29. The van der Waals surface area contributed by atoms with Crippen LogP contribution < -0.4 is 5.32 Å². The van der Waals surface area contributed by atoms with Crippen LogP contribution in [0.2, 0.25) is 5.02 Å². The lowest BCUT2D eigenvalue weighted by atomic mass is 9.96. The molecular formula is C23H20ClN5O2S. The molecule has 2 aromatic heterocycles. The fourth-order valence-corrected chi connectivity index (χ4v) is 4.77. The Labute approximate surface area is 193 Å². The highest BCUT2D eigenvalue weighted by atomic mass is 35.5. The van der Waals surface area contributed by atoms with Crippen LogP contribution in [0.4, 0.5) is 5.13 Å². The van der Waals surface area contributed by atoms with Crippen LogP contribution in [0.5, 0.6) is 0 Å². The number of carbonyl (C=O) groups excluding carboxylic acids is 2. The van der Waals surface area contributed by atoms with E-state index < -0.39 is 0 Å². The van der Waals surface area contributed by atoms with Crippen molar-refractivity contribution in [3.63, 3.8) is 0 Å². The molecule has 1 atom stereocenters.